The third-order valence-electron chi connectivity index (χ3n) is 13.7. The van der Waals surface area contributed by atoms with E-state index in [-0.39, 0.29) is 13.0 Å². The monoisotopic (exact) mass is 954 g/mol. The quantitative estimate of drug-likeness (QED) is 0.0196. The van der Waals surface area contributed by atoms with E-state index in [2.05, 4.69) is 26.1 Å². The van der Waals surface area contributed by atoms with Gasteiger partial charge < -0.3 is 45.1 Å². The van der Waals surface area contributed by atoms with Gasteiger partial charge in [0.05, 0.1) is 25.4 Å². The van der Waals surface area contributed by atoms with Gasteiger partial charge in [0.1, 0.15) is 24.4 Å². The van der Waals surface area contributed by atoms with Gasteiger partial charge in [-0.05, 0) is 25.7 Å². The van der Waals surface area contributed by atoms with E-state index in [0.29, 0.717) is 19.3 Å². The van der Waals surface area contributed by atoms with Gasteiger partial charge in [0, 0.05) is 6.42 Å². The van der Waals surface area contributed by atoms with Crippen molar-refractivity contribution in [2.45, 2.75) is 320 Å². The van der Waals surface area contributed by atoms with Crippen molar-refractivity contribution in [1.29, 1.82) is 0 Å². The zero-order valence-corrected chi connectivity index (χ0v) is 43.5. The summed E-state index contributed by atoms with van der Waals surface area (Å²) in [5.41, 5.74) is 0. The molecule has 1 saturated heterocycles. The van der Waals surface area contributed by atoms with Crippen LogP contribution >= 0.6 is 0 Å². The van der Waals surface area contributed by atoms with E-state index in [4.69, 9.17) is 14.2 Å². The molecule has 0 spiro atoms. The zero-order valence-electron chi connectivity index (χ0n) is 43.5. The smallest absolute Gasteiger partial charge is 0.306 e. The minimum Gasteiger partial charge on any atom is -0.454 e. The zero-order chi connectivity index (χ0) is 49.0. The fraction of sp³-hybridized carbons (Fsp3) is 0.929. The standard InChI is InChI=1S/C56H107NO10/c1-4-7-10-13-16-19-22-25-28-31-34-37-40-43-49(60)55(64)57-47(48(59)42-39-36-33-30-27-24-21-18-15-12-9-6-3)46-65-56-54(53(63)52(62)50(45-58)66-56)67-51(61)44-41-38-35-32-29-26-23-20-17-14-11-8-5-2/h39,42,47-50,52-54,56,58-60,62-63H,4-38,40-41,43-46H2,1-3H3,(H,57,64)/b42-39+. The number of carbonyl (C=O) groups excluding carboxylic acids is 2. The molecule has 0 aliphatic carbocycles. The molecule has 1 aliphatic rings. The predicted molar refractivity (Wildman–Crippen MR) is 274 cm³/mol. The average Bonchev–Trinajstić information content (AvgIpc) is 3.32. The summed E-state index contributed by atoms with van der Waals surface area (Å²) in [6.45, 7) is 5.79. The number of rotatable bonds is 48. The molecule has 67 heavy (non-hydrogen) atoms. The molecule has 1 amide bonds. The molecule has 0 aromatic heterocycles. The normalized spacial score (nSPS) is 20.0. The third-order valence-corrected chi connectivity index (χ3v) is 13.7. The lowest BCUT2D eigenvalue weighted by atomic mass is 9.99. The molecule has 1 rings (SSSR count). The molecule has 6 N–H and O–H groups in total. The molecule has 0 saturated carbocycles. The van der Waals surface area contributed by atoms with Crippen molar-refractivity contribution in [3.8, 4) is 0 Å². The number of aliphatic hydroxyl groups excluding tert-OH is 5. The van der Waals surface area contributed by atoms with Gasteiger partial charge in [0.2, 0.25) is 5.91 Å². The molecule has 1 heterocycles. The fourth-order valence-electron chi connectivity index (χ4n) is 9.12. The largest absolute Gasteiger partial charge is 0.454 e. The van der Waals surface area contributed by atoms with Crippen LogP contribution in [0.5, 0.6) is 0 Å². The van der Waals surface area contributed by atoms with Crippen molar-refractivity contribution in [1.82, 2.24) is 5.32 Å². The van der Waals surface area contributed by atoms with Crippen LogP contribution in [0.15, 0.2) is 12.2 Å². The molecule has 1 aliphatic heterocycles. The first-order valence-corrected chi connectivity index (χ1v) is 28.5. The maximum atomic E-state index is 13.3. The van der Waals surface area contributed by atoms with E-state index in [9.17, 15) is 35.1 Å². The van der Waals surface area contributed by atoms with Gasteiger partial charge in [0.15, 0.2) is 12.4 Å². The van der Waals surface area contributed by atoms with E-state index in [1.165, 1.54) is 167 Å². The van der Waals surface area contributed by atoms with E-state index in [0.717, 1.165) is 57.8 Å². The Morgan fingerprint density at radius 3 is 1.40 bits per heavy atom. The number of esters is 1. The lowest BCUT2D eigenvalue weighted by Crippen LogP contribution is -2.61. The summed E-state index contributed by atoms with van der Waals surface area (Å²) < 4.78 is 17.6. The highest BCUT2D eigenvalue weighted by Crippen LogP contribution is 2.26. The number of aliphatic hydroxyl groups is 5. The highest BCUT2D eigenvalue weighted by molar-refractivity contribution is 5.80. The molecule has 0 aromatic rings. The average molecular weight is 954 g/mol. The van der Waals surface area contributed by atoms with Gasteiger partial charge in [-0.1, -0.05) is 251 Å². The summed E-state index contributed by atoms with van der Waals surface area (Å²) in [7, 11) is 0. The Labute approximate surface area is 410 Å². The van der Waals surface area contributed by atoms with Crippen LogP contribution in [-0.2, 0) is 23.8 Å². The van der Waals surface area contributed by atoms with Crippen LogP contribution in [0.4, 0.5) is 0 Å². The molecule has 1 fully saturated rings. The van der Waals surface area contributed by atoms with Crippen LogP contribution in [-0.4, -0.2) is 99.6 Å². The van der Waals surface area contributed by atoms with Gasteiger partial charge in [-0.2, -0.15) is 0 Å². The lowest BCUT2D eigenvalue weighted by Gasteiger charge is -2.41. The molecular formula is C56H107NO10. The SMILES string of the molecule is CCCCCCCCCCCC/C=C/C(O)C(COC1OC(CO)C(O)C(O)C1OC(=O)CCCCCCCCCCCCCCC)NC(=O)C(O)CCCCCCCCCCCCCCC. The molecule has 0 bridgehead atoms. The number of carbonyl (C=O) groups is 2. The van der Waals surface area contributed by atoms with Crippen molar-refractivity contribution >= 4 is 11.9 Å². The van der Waals surface area contributed by atoms with E-state index < -0.39 is 67.4 Å². The van der Waals surface area contributed by atoms with Crippen molar-refractivity contribution in [3.05, 3.63) is 12.2 Å². The number of allylic oxidation sites excluding steroid dienone is 1. The van der Waals surface area contributed by atoms with Gasteiger partial charge in [0.25, 0.3) is 0 Å². The summed E-state index contributed by atoms with van der Waals surface area (Å²) in [6.07, 6.45) is 38.2. The maximum Gasteiger partial charge on any atom is 0.306 e. The predicted octanol–water partition coefficient (Wildman–Crippen LogP) is 12.4. The highest BCUT2D eigenvalue weighted by atomic mass is 16.7. The number of nitrogens with one attached hydrogen (secondary N) is 1. The van der Waals surface area contributed by atoms with E-state index in [1.54, 1.807) is 6.08 Å². The Morgan fingerprint density at radius 1 is 0.567 bits per heavy atom. The Kier molecular flexibility index (Phi) is 43.1. The van der Waals surface area contributed by atoms with E-state index in [1.807, 2.05) is 6.08 Å². The molecular weight excluding hydrogens is 847 g/mol. The summed E-state index contributed by atoms with van der Waals surface area (Å²) in [6, 6.07) is -1.01. The van der Waals surface area contributed by atoms with Crippen LogP contribution < -0.4 is 5.32 Å². The molecule has 8 atom stereocenters. The maximum absolute atomic E-state index is 13.3. The fourth-order valence-corrected chi connectivity index (χ4v) is 9.12. The topological polar surface area (TPSA) is 175 Å². The third kappa shape index (κ3) is 34.4. The summed E-state index contributed by atoms with van der Waals surface area (Å²) in [5, 5.41) is 56.7. The summed E-state index contributed by atoms with van der Waals surface area (Å²) >= 11 is 0. The van der Waals surface area contributed by atoms with Crippen LogP contribution in [0.1, 0.15) is 271 Å². The second kappa shape index (κ2) is 45.5. The minimum atomic E-state index is -1.60. The summed E-state index contributed by atoms with van der Waals surface area (Å²) in [4.78, 5) is 26.4. The van der Waals surface area contributed by atoms with Crippen LogP contribution in [0.25, 0.3) is 0 Å². The molecule has 11 heteroatoms. The molecule has 8 unspecified atom stereocenters. The number of hydrogen-bond acceptors (Lipinski definition) is 10. The summed E-state index contributed by atoms with van der Waals surface area (Å²) in [5.74, 6) is -1.18. The Morgan fingerprint density at radius 2 is 0.970 bits per heavy atom. The van der Waals surface area contributed by atoms with Gasteiger partial charge in [-0.25, -0.2) is 0 Å². The van der Waals surface area contributed by atoms with Crippen LogP contribution in [0.3, 0.4) is 0 Å². The lowest BCUT2D eigenvalue weighted by molar-refractivity contribution is -0.305. The van der Waals surface area contributed by atoms with Crippen molar-refractivity contribution in [2.24, 2.45) is 0 Å². The Hall–Kier alpha value is -1.60. The molecule has 0 radical (unpaired) electrons. The van der Waals surface area contributed by atoms with E-state index >= 15 is 0 Å². The first kappa shape index (κ1) is 63.4. The second-order valence-corrected chi connectivity index (χ2v) is 20.0. The van der Waals surface area contributed by atoms with Gasteiger partial charge in [-0.3, -0.25) is 9.59 Å². The number of ether oxygens (including phenoxy) is 3. The number of hydrogen-bond donors (Lipinski definition) is 6. The first-order valence-electron chi connectivity index (χ1n) is 28.5. The van der Waals surface area contributed by atoms with Crippen molar-refractivity contribution < 1.29 is 49.3 Å². The van der Waals surface area contributed by atoms with Gasteiger partial charge in [-0.15, -0.1) is 0 Å². The molecule has 11 nitrogen and oxygen atoms in total. The first-order chi connectivity index (χ1) is 32.7. The van der Waals surface area contributed by atoms with Crippen molar-refractivity contribution in [3.63, 3.8) is 0 Å². The minimum absolute atomic E-state index is 0.131. The van der Waals surface area contributed by atoms with Crippen molar-refractivity contribution in [2.75, 3.05) is 13.2 Å². The number of amides is 1. The second-order valence-electron chi connectivity index (χ2n) is 20.0. The van der Waals surface area contributed by atoms with Gasteiger partial charge >= 0.3 is 5.97 Å². The number of unbranched alkanes of at least 4 members (excludes halogenated alkanes) is 34. The Bertz CT molecular complexity index is 1140. The molecule has 396 valence electrons. The van der Waals surface area contributed by atoms with Crippen LogP contribution in [0.2, 0.25) is 0 Å². The van der Waals surface area contributed by atoms with Crippen LogP contribution in [0, 0.1) is 0 Å². The Balaban J connectivity index is 2.74. The molecule has 0 aromatic carbocycles. The highest BCUT2D eigenvalue weighted by Gasteiger charge is 2.47.